The quantitative estimate of drug-likeness (QED) is 0.324. The van der Waals surface area contributed by atoms with Crippen molar-refractivity contribution in [3.63, 3.8) is 0 Å². The van der Waals surface area contributed by atoms with Gasteiger partial charge >= 0.3 is 0 Å². The molecule has 3 aromatic carbocycles. The highest BCUT2D eigenvalue weighted by atomic mass is 31.1. The van der Waals surface area contributed by atoms with E-state index in [0.717, 1.165) is 0 Å². The second-order valence-corrected chi connectivity index (χ2v) is 6.66. The van der Waals surface area contributed by atoms with Crippen molar-refractivity contribution < 1.29 is 0 Å². The van der Waals surface area contributed by atoms with Gasteiger partial charge in [-0.25, -0.2) is 0 Å². The fourth-order valence-electron chi connectivity index (χ4n) is 2.18. The van der Waals surface area contributed by atoms with E-state index in [1.807, 2.05) is 0 Å². The zero-order chi connectivity index (χ0) is 15.6. The van der Waals surface area contributed by atoms with E-state index in [9.17, 15) is 0 Å². The van der Waals surface area contributed by atoms with Crippen molar-refractivity contribution in [1.82, 2.24) is 0 Å². The van der Waals surface area contributed by atoms with Gasteiger partial charge in [0.1, 0.15) is 0 Å². The second kappa shape index (κ2) is 8.63. The highest BCUT2D eigenvalue weighted by molar-refractivity contribution is 7.79. The molecule has 3 aromatic rings. The lowest BCUT2D eigenvalue weighted by molar-refractivity contribution is 1.45. The SMILES string of the molecule is [N-]=[N+]=N.c1ccc(P(c2ccccc2)c2ccccc2)cc1. The van der Waals surface area contributed by atoms with Crippen molar-refractivity contribution in [3.8, 4) is 0 Å². The average molecular weight is 305 g/mol. The Kier molecular flexibility index (Phi) is 6.19. The molecule has 0 radical (unpaired) electrons. The summed E-state index contributed by atoms with van der Waals surface area (Å²) in [6.07, 6.45) is 0. The van der Waals surface area contributed by atoms with Gasteiger partial charge in [0.05, 0.1) is 0 Å². The third-order valence-corrected chi connectivity index (χ3v) is 5.49. The molecule has 22 heavy (non-hydrogen) atoms. The Morgan fingerprint density at radius 3 is 1.05 bits per heavy atom. The van der Waals surface area contributed by atoms with Crippen LogP contribution < -0.4 is 15.9 Å². The highest BCUT2D eigenvalue weighted by Gasteiger charge is 2.14. The maximum Gasteiger partial charge on any atom is -0.00208 e. The Morgan fingerprint density at radius 1 is 0.591 bits per heavy atom. The first kappa shape index (κ1) is 15.8. The molecule has 108 valence electrons. The number of rotatable bonds is 3. The zero-order valence-electron chi connectivity index (χ0n) is 12.0. The highest BCUT2D eigenvalue weighted by Crippen LogP contribution is 2.32. The lowest BCUT2D eigenvalue weighted by atomic mass is 10.4. The molecule has 0 saturated carbocycles. The van der Waals surface area contributed by atoms with Gasteiger partial charge < -0.3 is 0 Å². The number of benzene rings is 3. The smallest absolute Gasteiger partial charge is 0.00208 e. The van der Waals surface area contributed by atoms with Crippen molar-refractivity contribution in [2.75, 3.05) is 0 Å². The van der Waals surface area contributed by atoms with Gasteiger partial charge in [-0.1, -0.05) is 91.0 Å². The van der Waals surface area contributed by atoms with E-state index in [-0.39, 0.29) is 0 Å². The molecular weight excluding hydrogens is 289 g/mol. The third kappa shape index (κ3) is 4.20. The Balaban J connectivity index is 0.000000545. The molecular formula is C18H16N3P. The van der Waals surface area contributed by atoms with Crippen LogP contribution in [0.1, 0.15) is 0 Å². The maximum atomic E-state index is 6.86. The molecule has 4 heteroatoms. The van der Waals surface area contributed by atoms with Crippen LogP contribution in [0.4, 0.5) is 0 Å². The summed E-state index contributed by atoms with van der Waals surface area (Å²) in [5.41, 5.74) is 12.2. The minimum absolute atomic E-state index is 0.446. The fraction of sp³-hybridized carbons (Fsp3) is 0. The number of nitrogens with zero attached hydrogens (tertiary/aromatic N) is 2. The molecule has 0 aromatic heterocycles. The molecule has 0 aliphatic heterocycles. The second-order valence-electron chi connectivity index (χ2n) is 4.44. The van der Waals surface area contributed by atoms with Crippen LogP contribution in [0.25, 0.3) is 10.4 Å². The van der Waals surface area contributed by atoms with E-state index in [4.69, 9.17) is 11.1 Å². The maximum absolute atomic E-state index is 6.86. The normalized spacial score (nSPS) is 9.50. The Hall–Kier alpha value is -2.60. The summed E-state index contributed by atoms with van der Waals surface area (Å²) in [4.78, 5) is 1.75. The van der Waals surface area contributed by atoms with E-state index < -0.39 is 7.92 Å². The van der Waals surface area contributed by atoms with Gasteiger partial charge in [0.15, 0.2) is 0 Å². The van der Waals surface area contributed by atoms with Crippen LogP contribution in [0.5, 0.6) is 0 Å². The van der Waals surface area contributed by atoms with Gasteiger partial charge in [-0.05, 0) is 34.3 Å². The molecule has 3 rings (SSSR count). The van der Waals surface area contributed by atoms with Crippen molar-refractivity contribution >= 4 is 23.8 Å². The molecule has 1 N–H and O–H groups in total. The summed E-state index contributed by atoms with van der Waals surface area (Å²) < 4.78 is 0. The van der Waals surface area contributed by atoms with Crippen molar-refractivity contribution in [2.24, 2.45) is 0 Å². The molecule has 0 aliphatic carbocycles. The molecule has 0 heterocycles. The van der Waals surface area contributed by atoms with E-state index in [0.29, 0.717) is 0 Å². The van der Waals surface area contributed by atoms with Crippen LogP contribution in [-0.4, -0.2) is 0 Å². The number of hydrogen-bond acceptors (Lipinski definition) is 1. The van der Waals surface area contributed by atoms with Gasteiger partial charge in [-0.3, -0.25) is 0 Å². The van der Waals surface area contributed by atoms with Crippen LogP contribution in [0.15, 0.2) is 91.0 Å². The first-order valence-corrected chi connectivity index (χ1v) is 8.17. The van der Waals surface area contributed by atoms with Gasteiger partial charge in [-0.15, -0.1) is 5.53 Å². The summed E-state index contributed by atoms with van der Waals surface area (Å²) in [5.74, 6) is 0. The van der Waals surface area contributed by atoms with E-state index in [2.05, 4.69) is 91.0 Å². The first-order valence-electron chi connectivity index (χ1n) is 6.83. The minimum atomic E-state index is -0.446. The summed E-state index contributed by atoms with van der Waals surface area (Å²) in [5, 5.41) is 4.19. The Morgan fingerprint density at radius 2 is 0.818 bits per heavy atom. The van der Waals surface area contributed by atoms with Crippen LogP contribution in [-0.2, 0) is 0 Å². The monoisotopic (exact) mass is 305 g/mol. The molecule has 0 bridgehead atoms. The molecule has 0 fully saturated rings. The standard InChI is InChI=1S/C18H15P.HN3/c1-4-10-16(11-5-1)19(17-12-6-2-7-13-17)18-14-8-3-9-15-18;1-3-2/h1-15H;1H. The molecule has 0 saturated heterocycles. The topological polar surface area (TPSA) is 60.3 Å². The fourth-order valence-corrected chi connectivity index (χ4v) is 4.48. The lowest BCUT2D eigenvalue weighted by Gasteiger charge is -2.18. The summed E-state index contributed by atoms with van der Waals surface area (Å²) in [6, 6.07) is 32.3. The van der Waals surface area contributed by atoms with Crippen LogP contribution in [0.3, 0.4) is 0 Å². The lowest BCUT2D eigenvalue weighted by Crippen LogP contribution is -2.20. The van der Waals surface area contributed by atoms with Gasteiger partial charge in [0.2, 0.25) is 0 Å². The Labute approximate surface area is 131 Å². The zero-order valence-corrected chi connectivity index (χ0v) is 12.9. The molecule has 0 spiro atoms. The van der Waals surface area contributed by atoms with Crippen LogP contribution in [0, 0.1) is 5.53 Å². The predicted molar refractivity (Wildman–Crippen MR) is 94.6 cm³/mol. The molecule has 0 amide bonds. The van der Waals surface area contributed by atoms with Gasteiger partial charge in [0, 0.05) is 0 Å². The Bertz CT molecular complexity index is 615. The summed E-state index contributed by atoms with van der Waals surface area (Å²) in [7, 11) is -0.446. The van der Waals surface area contributed by atoms with Crippen molar-refractivity contribution in [3.05, 3.63) is 101 Å². The molecule has 3 nitrogen and oxygen atoms in total. The molecule has 0 atom stereocenters. The van der Waals surface area contributed by atoms with Crippen molar-refractivity contribution in [2.45, 2.75) is 0 Å². The predicted octanol–water partition coefficient (Wildman–Crippen LogP) is 4.32. The molecule has 0 aliphatic rings. The average Bonchev–Trinajstić information content (AvgIpc) is 2.59. The third-order valence-electron chi connectivity index (χ3n) is 3.04. The van der Waals surface area contributed by atoms with E-state index in [1.54, 1.807) is 4.91 Å². The van der Waals surface area contributed by atoms with E-state index >= 15 is 0 Å². The molecule has 0 unspecified atom stereocenters. The van der Waals surface area contributed by atoms with Crippen LogP contribution >= 0.6 is 7.92 Å². The van der Waals surface area contributed by atoms with E-state index in [1.165, 1.54) is 15.9 Å². The summed E-state index contributed by atoms with van der Waals surface area (Å²) in [6.45, 7) is 0. The number of hydrogen-bond donors (Lipinski definition) is 1. The number of nitrogens with one attached hydrogen (secondary N) is 1. The van der Waals surface area contributed by atoms with Gasteiger partial charge in [-0.2, -0.15) is 0 Å². The largest absolute Gasteiger partial charge is 0.108 e. The summed E-state index contributed by atoms with van der Waals surface area (Å²) >= 11 is 0. The van der Waals surface area contributed by atoms with Gasteiger partial charge in [0.25, 0.3) is 0 Å². The van der Waals surface area contributed by atoms with Crippen LogP contribution in [0.2, 0.25) is 0 Å². The van der Waals surface area contributed by atoms with Crippen molar-refractivity contribution in [1.29, 1.82) is 5.53 Å². The minimum Gasteiger partial charge on any atom is -0.108 e. The first-order chi connectivity index (χ1) is 10.9.